The molecule has 3 rings (SSSR count). The van der Waals surface area contributed by atoms with Crippen molar-refractivity contribution in [1.29, 1.82) is 0 Å². The fourth-order valence-electron chi connectivity index (χ4n) is 2.92. The number of aryl methyl sites for hydroxylation is 1. The van der Waals surface area contributed by atoms with Crippen molar-refractivity contribution in [3.63, 3.8) is 0 Å². The summed E-state index contributed by atoms with van der Waals surface area (Å²) in [6, 6.07) is 7.67. The molecule has 1 aromatic heterocycles. The number of tetrazole rings is 1. The van der Waals surface area contributed by atoms with Gasteiger partial charge in [-0.2, -0.15) is 4.80 Å². The van der Waals surface area contributed by atoms with Crippen molar-refractivity contribution in [3.05, 3.63) is 29.8 Å². The van der Waals surface area contributed by atoms with E-state index >= 15 is 0 Å². The van der Waals surface area contributed by atoms with E-state index in [1.54, 1.807) is 6.92 Å². The fourth-order valence-corrected chi connectivity index (χ4v) is 2.92. The second kappa shape index (κ2) is 6.03. The van der Waals surface area contributed by atoms with E-state index in [2.05, 4.69) is 15.4 Å². The van der Waals surface area contributed by atoms with Crippen LogP contribution in [0.5, 0.6) is 0 Å². The van der Waals surface area contributed by atoms with Gasteiger partial charge in [0, 0.05) is 12.1 Å². The first-order valence-electron chi connectivity index (χ1n) is 7.79. The number of nitrogens with zero attached hydrogens (tertiary/aromatic N) is 5. The SMILES string of the molecule is Cc1ccc(-c2nnn(CC(=O)N3CCCC3(C)C(=O)O)n2)cc1. The maximum absolute atomic E-state index is 12.5. The van der Waals surface area contributed by atoms with Crippen LogP contribution in [0, 0.1) is 6.92 Å². The Morgan fingerprint density at radius 1 is 1.29 bits per heavy atom. The van der Waals surface area contributed by atoms with Gasteiger partial charge in [0.1, 0.15) is 12.1 Å². The van der Waals surface area contributed by atoms with Crippen LogP contribution >= 0.6 is 0 Å². The smallest absolute Gasteiger partial charge is 0.329 e. The van der Waals surface area contributed by atoms with Gasteiger partial charge >= 0.3 is 5.97 Å². The number of likely N-dealkylation sites (tertiary alicyclic amines) is 1. The highest BCUT2D eigenvalue weighted by atomic mass is 16.4. The normalized spacial score (nSPS) is 20.3. The monoisotopic (exact) mass is 329 g/mol. The number of carboxylic acid groups (broad SMARTS) is 1. The van der Waals surface area contributed by atoms with Crippen LogP contribution in [0.4, 0.5) is 0 Å². The Balaban J connectivity index is 1.74. The standard InChI is InChI=1S/C16H19N5O3/c1-11-4-6-12(7-5-11)14-17-19-21(18-14)10-13(22)20-9-3-8-16(20,2)15(23)24/h4-7H,3,8-10H2,1-2H3,(H,23,24). The minimum absolute atomic E-state index is 0.123. The molecule has 1 N–H and O–H groups in total. The quantitative estimate of drug-likeness (QED) is 0.902. The number of amides is 1. The summed E-state index contributed by atoms with van der Waals surface area (Å²) < 4.78 is 0. The molecule has 24 heavy (non-hydrogen) atoms. The molecule has 8 nitrogen and oxygen atoms in total. The molecule has 1 fully saturated rings. The Kier molecular flexibility index (Phi) is 4.04. The molecular weight excluding hydrogens is 310 g/mol. The summed E-state index contributed by atoms with van der Waals surface area (Å²) in [6.07, 6.45) is 1.13. The molecule has 0 aliphatic carbocycles. The topological polar surface area (TPSA) is 101 Å². The van der Waals surface area contributed by atoms with Crippen molar-refractivity contribution in [3.8, 4) is 11.4 Å². The number of aromatic nitrogens is 4. The van der Waals surface area contributed by atoms with Crippen LogP contribution in [0.2, 0.25) is 0 Å². The van der Waals surface area contributed by atoms with Gasteiger partial charge in [0.2, 0.25) is 11.7 Å². The molecule has 126 valence electrons. The lowest BCUT2D eigenvalue weighted by Crippen LogP contribution is -2.51. The number of rotatable bonds is 4. The lowest BCUT2D eigenvalue weighted by molar-refractivity contribution is -0.155. The molecule has 1 unspecified atom stereocenters. The van der Waals surface area contributed by atoms with Crippen molar-refractivity contribution < 1.29 is 14.7 Å². The fraction of sp³-hybridized carbons (Fsp3) is 0.438. The number of carbonyl (C=O) groups is 2. The highest BCUT2D eigenvalue weighted by Crippen LogP contribution is 2.29. The van der Waals surface area contributed by atoms with Crippen molar-refractivity contribution in [2.75, 3.05) is 6.54 Å². The molecule has 0 spiro atoms. The second-order valence-corrected chi connectivity index (χ2v) is 6.24. The molecule has 1 saturated heterocycles. The first kappa shape index (κ1) is 16.1. The highest BCUT2D eigenvalue weighted by Gasteiger charge is 2.45. The van der Waals surface area contributed by atoms with E-state index in [-0.39, 0.29) is 12.5 Å². The third-order valence-corrected chi connectivity index (χ3v) is 4.44. The molecule has 0 saturated carbocycles. The zero-order valence-electron chi connectivity index (χ0n) is 13.6. The summed E-state index contributed by atoms with van der Waals surface area (Å²) >= 11 is 0. The molecule has 0 radical (unpaired) electrons. The minimum atomic E-state index is -1.16. The maximum Gasteiger partial charge on any atom is 0.329 e. The Labute approximate surface area is 139 Å². The van der Waals surface area contributed by atoms with Crippen LogP contribution in [-0.4, -0.2) is 54.2 Å². The van der Waals surface area contributed by atoms with Gasteiger partial charge in [0.25, 0.3) is 0 Å². The number of carbonyl (C=O) groups excluding carboxylic acids is 1. The van der Waals surface area contributed by atoms with Crippen molar-refractivity contribution in [2.45, 2.75) is 38.8 Å². The summed E-state index contributed by atoms with van der Waals surface area (Å²) in [7, 11) is 0. The summed E-state index contributed by atoms with van der Waals surface area (Å²) in [5, 5.41) is 21.5. The van der Waals surface area contributed by atoms with Gasteiger partial charge in [-0.1, -0.05) is 29.8 Å². The Bertz CT molecular complexity index is 770. The molecule has 1 aliphatic rings. The van der Waals surface area contributed by atoms with E-state index in [1.165, 1.54) is 9.70 Å². The first-order chi connectivity index (χ1) is 11.4. The van der Waals surface area contributed by atoms with Crippen molar-refractivity contribution >= 4 is 11.9 Å². The van der Waals surface area contributed by atoms with Crippen LogP contribution < -0.4 is 0 Å². The summed E-state index contributed by atoms with van der Waals surface area (Å²) in [6.45, 7) is 3.87. The van der Waals surface area contributed by atoms with Gasteiger partial charge in [0.15, 0.2) is 0 Å². The lowest BCUT2D eigenvalue weighted by atomic mass is 9.99. The van der Waals surface area contributed by atoms with E-state index in [0.717, 1.165) is 11.1 Å². The number of aliphatic carboxylic acids is 1. The molecule has 0 bridgehead atoms. The Morgan fingerprint density at radius 3 is 2.67 bits per heavy atom. The van der Waals surface area contributed by atoms with E-state index < -0.39 is 11.5 Å². The maximum atomic E-state index is 12.5. The van der Waals surface area contributed by atoms with Gasteiger partial charge in [0.05, 0.1) is 0 Å². The first-order valence-corrected chi connectivity index (χ1v) is 7.79. The third kappa shape index (κ3) is 2.86. The zero-order chi connectivity index (χ0) is 17.3. The van der Waals surface area contributed by atoms with Gasteiger partial charge < -0.3 is 10.0 Å². The van der Waals surface area contributed by atoms with Crippen LogP contribution in [0.25, 0.3) is 11.4 Å². The largest absolute Gasteiger partial charge is 0.480 e. The Morgan fingerprint density at radius 2 is 2.00 bits per heavy atom. The van der Waals surface area contributed by atoms with Gasteiger partial charge in [-0.25, -0.2) is 4.79 Å². The average molecular weight is 329 g/mol. The predicted octanol–water partition coefficient (Wildman–Crippen LogP) is 1.11. The molecular formula is C16H19N5O3. The Hall–Kier alpha value is -2.77. The van der Waals surface area contributed by atoms with Gasteiger partial charge in [-0.15, -0.1) is 10.2 Å². The molecule has 1 aromatic carbocycles. The number of benzene rings is 1. The van der Waals surface area contributed by atoms with Crippen LogP contribution in [0.1, 0.15) is 25.3 Å². The molecule has 2 heterocycles. The average Bonchev–Trinajstić information content (AvgIpc) is 3.15. The highest BCUT2D eigenvalue weighted by molar-refractivity contribution is 5.87. The third-order valence-electron chi connectivity index (χ3n) is 4.44. The van der Waals surface area contributed by atoms with E-state index in [0.29, 0.717) is 25.2 Å². The number of hydrogen-bond donors (Lipinski definition) is 1. The van der Waals surface area contributed by atoms with Gasteiger partial charge in [-0.3, -0.25) is 4.79 Å². The minimum Gasteiger partial charge on any atom is -0.480 e. The van der Waals surface area contributed by atoms with Crippen molar-refractivity contribution in [2.24, 2.45) is 0 Å². The molecule has 1 aliphatic heterocycles. The summed E-state index contributed by atoms with van der Waals surface area (Å²) in [5.41, 5.74) is 0.788. The number of hydrogen-bond acceptors (Lipinski definition) is 5. The van der Waals surface area contributed by atoms with Gasteiger partial charge in [-0.05, 0) is 31.9 Å². The molecule has 8 heteroatoms. The molecule has 2 aromatic rings. The van der Waals surface area contributed by atoms with E-state index in [9.17, 15) is 14.7 Å². The van der Waals surface area contributed by atoms with Crippen LogP contribution in [0.15, 0.2) is 24.3 Å². The van der Waals surface area contributed by atoms with Crippen LogP contribution in [-0.2, 0) is 16.1 Å². The molecule has 1 amide bonds. The summed E-state index contributed by atoms with van der Waals surface area (Å²) in [4.78, 5) is 26.5. The van der Waals surface area contributed by atoms with Crippen LogP contribution in [0.3, 0.4) is 0 Å². The predicted molar refractivity (Wildman–Crippen MR) is 85.0 cm³/mol. The molecule has 1 atom stereocenters. The van der Waals surface area contributed by atoms with Crippen molar-refractivity contribution in [1.82, 2.24) is 25.1 Å². The van der Waals surface area contributed by atoms with E-state index in [4.69, 9.17) is 0 Å². The number of carboxylic acids is 1. The summed E-state index contributed by atoms with van der Waals surface area (Å²) in [5.74, 6) is -0.865. The second-order valence-electron chi connectivity index (χ2n) is 6.24. The van der Waals surface area contributed by atoms with E-state index in [1.807, 2.05) is 31.2 Å². The zero-order valence-corrected chi connectivity index (χ0v) is 13.6. The lowest BCUT2D eigenvalue weighted by Gasteiger charge is -2.30.